The Morgan fingerprint density at radius 2 is 1.90 bits per heavy atom. The quantitative estimate of drug-likeness (QED) is 0.676. The van der Waals surface area contributed by atoms with Gasteiger partial charge in [-0.3, -0.25) is 9.36 Å². The molecule has 1 aromatic rings. The molecule has 0 fully saturated rings. The predicted octanol–water partition coefficient (Wildman–Crippen LogP) is -0.816. The second kappa shape index (κ2) is 7.39. The molecule has 0 amide bonds. The van der Waals surface area contributed by atoms with Crippen LogP contribution in [0.1, 0.15) is 19.8 Å². The van der Waals surface area contributed by atoms with E-state index < -0.39 is 15.5 Å². The molecule has 1 heterocycles. The van der Waals surface area contributed by atoms with Crippen LogP contribution in [0.4, 0.5) is 0 Å². The number of aromatic nitrogens is 2. The molecule has 0 bridgehead atoms. The summed E-state index contributed by atoms with van der Waals surface area (Å²) in [5, 5.41) is 0. The van der Waals surface area contributed by atoms with E-state index in [4.69, 9.17) is 5.73 Å². The van der Waals surface area contributed by atoms with E-state index in [1.807, 2.05) is 0 Å². The van der Waals surface area contributed by atoms with E-state index in [2.05, 4.69) is 0 Å². The van der Waals surface area contributed by atoms with Gasteiger partial charge < -0.3 is 10.3 Å². The maximum absolute atomic E-state index is 12.1. The average Bonchev–Trinajstić information content (AvgIpc) is 2.41. The van der Waals surface area contributed by atoms with Crippen molar-refractivity contribution in [2.75, 3.05) is 18.1 Å². The summed E-state index contributed by atoms with van der Waals surface area (Å²) in [6.45, 7) is 2.55. The van der Waals surface area contributed by atoms with Gasteiger partial charge in [-0.25, -0.2) is 13.2 Å². The first-order valence-corrected chi connectivity index (χ1v) is 8.44. The maximum Gasteiger partial charge on any atom is 0.330 e. The standard InChI is InChI=1S/C12H21N3O4S/c1-2-20(18,19)10-4-7-14-9-5-11(16)15(12(14)17)8-3-6-13/h5,9H,2-4,6-8,10,13H2,1H3. The van der Waals surface area contributed by atoms with Crippen LogP contribution in [0.2, 0.25) is 0 Å². The monoisotopic (exact) mass is 303 g/mol. The van der Waals surface area contributed by atoms with Gasteiger partial charge in [-0.1, -0.05) is 6.92 Å². The molecule has 1 aromatic heterocycles. The van der Waals surface area contributed by atoms with Crippen molar-refractivity contribution in [1.82, 2.24) is 9.13 Å². The summed E-state index contributed by atoms with van der Waals surface area (Å²) in [5.74, 6) is 0.135. The molecule has 8 heteroatoms. The lowest BCUT2D eigenvalue weighted by atomic mass is 10.4. The van der Waals surface area contributed by atoms with E-state index in [9.17, 15) is 18.0 Å². The Balaban J connectivity index is 2.82. The van der Waals surface area contributed by atoms with Crippen LogP contribution in [0.5, 0.6) is 0 Å². The lowest BCUT2D eigenvalue weighted by molar-refractivity contribution is 0.530. The first-order chi connectivity index (χ1) is 9.41. The van der Waals surface area contributed by atoms with Gasteiger partial charge in [0.2, 0.25) is 0 Å². The molecule has 0 aliphatic rings. The Bertz CT molecular complexity index is 645. The normalized spacial score (nSPS) is 11.7. The fourth-order valence-corrected chi connectivity index (χ4v) is 2.64. The lowest BCUT2D eigenvalue weighted by Crippen LogP contribution is -2.39. The van der Waals surface area contributed by atoms with Gasteiger partial charge in [-0.15, -0.1) is 0 Å². The fourth-order valence-electron chi connectivity index (χ4n) is 1.78. The Hall–Kier alpha value is -1.41. The summed E-state index contributed by atoms with van der Waals surface area (Å²) < 4.78 is 25.3. The highest BCUT2D eigenvalue weighted by Crippen LogP contribution is 1.95. The number of rotatable bonds is 8. The minimum Gasteiger partial charge on any atom is -0.330 e. The number of nitrogens with zero attached hydrogens (tertiary/aromatic N) is 2. The van der Waals surface area contributed by atoms with Crippen LogP contribution in [0.15, 0.2) is 21.9 Å². The smallest absolute Gasteiger partial charge is 0.330 e. The third-order valence-electron chi connectivity index (χ3n) is 3.02. The number of sulfone groups is 1. The molecule has 0 unspecified atom stereocenters. The van der Waals surface area contributed by atoms with E-state index in [1.165, 1.54) is 16.8 Å². The van der Waals surface area contributed by atoms with E-state index in [1.54, 1.807) is 6.92 Å². The van der Waals surface area contributed by atoms with Gasteiger partial charge in [-0.2, -0.15) is 0 Å². The second-order valence-electron chi connectivity index (χ2n) is 4.51. The SMILES string of the molecule is CCS(=O)(=O)CCCn1ccc(=O)n(CCCN)c1=O. The molecular weight excluding hydrogens is 282 g/mol. The number of hydrogen-bond acceptors (Lipinski definition) is 5. The summed E-state index contributed by atoms with van der Waals surface area (Å²) in [6.07, 6.45) is 2.30. The molecule has 0 aromatic carbocycles. The Morgan fingerprint density at radius 1 is 1.20 bits per heavy atom. The van der Waals surface area contributed by atoms with Crippen LogP contribution >= 0.6 is 0 Å². The van der Waals surface area contributed by atoms with Crippen LogP contribution in [0.25, 0.3) is 0 Å². The summed E-state index contributed by atoms with van der Waals surface area (Å²) in [7, 11) is -3.04. The van der Waals surface area contributed by atoms with Gasteiger partial charge in [0.05, 0.1) is 5.75 Å². The van der Waals surface area contributed by atoms with Crippen molar-refractivity contribution < 1.29 is 8.42 Å². The predicted molar refractivity (Wildman–Crippen MR) is 77.6 cm³/mol. The van der Waals surface area contributed by atoms with Crippen molar-refractivity contribution >= 4 is 9.84 Å². The summed E-state index contributed by atoms with van der Waals surface area (Å²) in [4.78, 5) is 23.6. The number of nitrogens with two attached hydrogens (primary N) is 1. The van der Waals surface area contributed by atoms with Gasteiger partial charge in [0.15, 0.2) is 0 Å². The van der Waals surface area contributed by atoms with Crippen LogP contribution < -0.4 is 17.0 Å². The summed E-state index contributed by atoms with van der Waals surface area (Å²) in [6, 6.07) is 1.31. The zero-order valence-corrected chi connectivity index (χ0v) is 12.4. The van der Waals surface area contributed by atoms with Gasteiger partial charge in [0.1, 0.15) is 9.84 Å². The van der Waals surface area contributed by atoms with Crippen LogP contribution in [0, 0.1) is 0 Å². The molecule has 0 spiro atoms. The minimum atomic E-state index is -3.04. The van der Waals surface area contributed by atoms with Gasteiger partial charge in [-0.05, 0) is 19.4 Å². The highest BCUT2D eigenvalue weighted by atomic mass is 32.2. The van der Waals surface area contributed by atoms with Crippen molar-refractivity contribution in [3.8, 4) is 0 Å². The molecule has 0 aliphatic heterocycles. The maximum atomic E-state index is 12.1. The lowest BCUT2D eigenvalue weighted by Gasteiger charge is -2.09. The van der Waals surface area contributed by atoms with Crippen LogP contribution in [-0.4, -0.2) is 35.6 Å². The molecule has 0 atom stereocenters. The fraction of sp³-hybridized carbons (Fsp3) is 0.667. The zero-order valence-electron chi connectivity index (χ0n) is 11.6. The van der Waals surface area contributed by atoms with Crippen molar-refractivity contribution in [3.05, 3.63) is 33.1 Å². The van der Waals surface area contributed by atoms with E-state index in [0.717, 1.165) is 4.57 Å². The van der Waals surface area contributed by atoms with Crippen LogP contribution in [-0.2, 0) is 22.9 Å². The third-order valence-corrected chi connectivity index (χ3v) is 4.81. The van der Waals surface area contributed by atoms with Crippen molar-refractivity contribution in [2.45, 2.75) is 32.9 Å². The number of hydrogen-bond donors (Lipinski definition) is 1. The number of aryl methyl sites for hydroxylation is 1. The van der Waals surface area contributed by atoms with Crippen molar-refractivity contribution in [3.63, 3.8) is 0 Å². The van der Waals surface area contributed by atoms with Gasteiger partial charge >= 0.3 is 5.69 Å². The molecule has 1 rings (SSSR count). The Labute approximate surface area is 117 Å². The summed E-state index contributed by atoms with van der Waals surface area (Å²) in [5.41, 5.74) is 4.59. The first-order valence-electron chi connectivity index (χ1n) is 6.62. The molecule has 2 N–H and O–H groups in total. The zero-order chi connectivity index (χ0) is 15.2. The van der Waals surface area contributed by atoms with Crippen molar-refractivity contribution in [1.29, 1.82) is 0 Å². The molecule has 114 valence electrons. The minimum absolute atomic E-state index is 0.0396. The summed E-state index contributed by atoms with van der Waals surface area (Å²) >= 11 is 0. The van der Waals surface area contributed by atoms with Gasteiger partial charge in [0.25, 0.3) is 5.56 Å². The molecule has 0 saturated carbocycles. The molecule has 0 radical (unpaired) electrons. The van der Waals surface area contributed by atoms with E-state index >= 15 is 0 Å². The molecule has 7 nitrogen and oxygen atoms in total. The second-order valence-corrected chi connectivity index (χ2v) is 6.99. The molecule has 0 saturated heterocycles. The van der Waals surface area contributed by atoms with Gasteiger partial charge in [0, 0.05) is 31.1 Å². The molecule has 0 aliphatic carbocycles. The average molecular weight is 303 g/mol. The highest BCUT2D eigenvalue weighted by molar-refractivity contribution is 7.91. The third kappa shape index (κ3) is 4.61. The molecule has 20 heavy (non-hydrogen) atoms. The highest BCUT2D eigenvalue weighted by Gasteiger charge is 2.09. The topological polar surface area (TPSA) is 104 Å². The first kappa shape index (κ1) is 16.6. The van der Waals surface area contributed by atoms with Crippen LogP contribution in [0.3, 0.4) is 0 Å². The van der Waals surface area contributed by atoms with Crippen molar-refractivity contribution in [2.24, 2.45) is 5.73 Å². The van der Waals surface area contributed by atoms with E-state index in [-0.39, 0.29) is 30.2 Å². The molecular formula is C12H21N3O4S. The Kier molecular flexibility index (Phi) is 6.15. The largest absolute Gasteiger partial charge is 0.330 e. The Morgan fingerprint density at radius 3 is 2.50 bits per heavy atom. The van der Waals surface area contributed by atoms with E-state index in [0.29, 0.717) is 19.4 Å².